The predicted octanol–water partition coefficient (Wildman–Crippen LogP) is 4.18. The molecule has 8 heteroatoms. The Morgan fingerprint density at radius 3 is 2.17 bits per heavy atom. The lowest BCUT2D eigenvalue weighted by molar-refractivity contribution is 0.101. The van der Waals surface area contributed by atoms with E-state index in [9.17, 15) is 18.4 Å². The first-order chi connectivity index (χ1) is 13.9. The summed E-state index contributed by atoms with van der Waals surface area (Å²) in [7, 11) is 1.48. The van der Waals surface area contributed by atoms with Crippen molar-refractivity contribution in [2.45, 2.75) is 6.92 Å². The van der Waals surface area contributed by atoms with Gasteiger partial charge in [0.15, 0.2) is 0 Å². The summed E-state index contributed by atoms with van der Waals surface area (Å²) in [4.78, 5) is 28.9. The van der Waals surface area contributed by atoms with Gasteiger partial charge in [-0.2, -0.15) is 0 Å². The van der Waals surface area contributed by atoms with Crippen LogP contribution in [0.4, 0.5) is 20.2 Å². The Hall–Kier alpha value is -3.81. The molecule has 0 spiro atoms. The van der Waals surface area contributed by atoms with Crippen LogP contribution in [0.25, 0.3) is 0 Å². The maximum Gasteiger partial charge on any atom is 0.274 e. The van der Waals surface area contributed by atoms with Crippen LogP contribution in [0.3, 0.4) is 0 Å². The average molecular weight is 397 g/mol. The van der Waals surface area contributed by atoms with Crippen molar-refractivity contribution in [1.29, 1.82) is 0 Å². The second-order valence-electron chi connectivity index (χ2n) is 6.14. The minimum absolute atomic E-state index is 0.0132. The monoisotopic (exact) mass is 397 g/mol. The molecule has 1 heterocycles. The fourth-order valence-corrected chi connectivity index (χ4v) is 2.57. The molecule has 0 bridgehead atoms. The highest BCUT2D eigenvalue weighted by Gasteiger charge is 2.16. The van der Waals surface area contributed by atoms with Crippen molar-refractivity contribution in [1.82, 2.24) is 4.98 Å². The van der Waals surface area contributed by atoms with Gasteiger partial charge in [-0.3, -0.25) is 9.59 Å². The van der Waals surface area contributed by atoms with Crippen LogP contribution in [0.1, 0.15) is 26.5 Å². The number of pyridine rings is 1. The molecule has 0 saturated carbocycles. The van der Waals surface area contributed by atoms with E-state index >= 15 is 0 Å². The highest BCUT2D eigenvalue weighted by molar-refractivity contribution is 6.06. The fourth-order valence-electron chi connectivity index (χ4n) is 2.57. The number of ether oxygens (including phenoxy) is 1. The van der Waals surface area contributed by atoms with Gasteiger partial charge in [-0.05, 0) is 48.9 Å². The standard InChI is InChI=1S/C21H17F2N3O3/c1-12-6-9-19(29-2)18(10-12)26-21(28)17-5-3-4-16(24-17)20(27)25-15-8-7-13(22)11-14(15)23/h3-11H,1-2H3,(H,25,27)(H,26,28). The highest BCUT2D eigenvalue weighted by atomic mass is 19.1. The van der Waals surface area contributed by atoms with Crippen LogP contribution in [0.15, 0.2) is 54.6 Å². The number of carbonyl (C=O) groups excluding carboxylic acids is 2. The number of carbonyl (C=O) groups is 2. The lowest BCUT2D eigenvalue weighted by atomic mass is 10.2. The van der Waals surface area contributed by atoms with Crippen molar-refractivity contribution in [2.24, 2.45) is 0 Å². The number of hydrogen-bond donors (Lipinski definition) is 2. The lowest BCUT2D eigenvalue weighted by Gasteiger charge is -2.11. The number of nitrogens with zero attached hydrogens (tertiary/aromatic N) is 1. The van der Waals surface area contributed by atoms with Crippen molar-refractivity contribution in [2.75, 3.05) is 17.7 Å². The summed E-state index contributed by atoms with van der Waals surface area (Å²) in [6.45, 7) is 1.87. The highest BCUT2D eigenvalue weighted by Crippen LogP contribution is 2.25. The number of benzene rings is 2. The molecule has 2 amide bonds. The third-order valence-electron chi connectivity index (χ3n) is 4.00. The van der Waals surface area contributed by atoms with Gasteiger partial charge in [0, 0.05) is 6.07 Å². The van der Waals surface area contributed by atoms with Crippen molar-refractivity contribution < 1.29 is 23.1 Å². The van der Waals surface area contributed by atoms with Gasteiger partial charge in [-0.25, -0.2) is 13.8 Å². The van der Waals surface area contributed by atoms with Gasteiger partial charge in [0.1, 0.15) is 28.8 Å². The largest absolute Gasteiger partial charge is 0.495 e. The molecular formula is C21H17F2N3O3. The number of anilines is 2. The van der Waals surface area contributed by atoms with Crippen LogP contribution in [-0.2, 0) is 0 Å². The quantitative estimate of drug-likeness (QED) is 0.677. The Morgan fingerprint density at radius 1 is 0.897 bits per heavy atom. The number of aryl methyl sites for hydroxylation is 1. The van der Waals surface area contributed by atoms with Gasteiger partial charge in [-0.1, -0.05) is 12.1 Å². The number of amides is 2. The molecule has 0 aliphatic heterocycles. The normalized spacial score (nSPS) is 10.3. The van der Waals surface area contributed by atoms with E-state index in [1.54, 1.807) is 12.1 Å². The minimum Gasteiger partial charge on any atom is -0.495 e. The molecule has 2 aromatic carbocycles. The molecule has 0 unspecified atom stereocenters. The number of hydrogen-bond acceptors (Lipinski definition) is 4. The molecule has 0 aliphatic carbocycles. The first-order valence-corrected chi connectivity index (χ1v) is 8.57. The topological polar surface area (TPSA) is 80.3 Å². The first kappa shape index (κ1) is 19.9. The van der Waals surface area contributed by atoms with E-state index in [0.29, 0.717) is 17.5 Å². The van der Waals surface area contributed by atoms with Crippen LogP contribution < -0.4 is 15.4 Å². The van der Waals surface area contributed by atoms with Crippen LogP contribution in [-0.4, -0.2) is 23.9 Å². The number of aromatic nitrogens is 1. The van der Waals surface area contributed by atoms with Gasteiger partial charge < -0.3 is 15.4 Å². The smallest absolute Gasteiger partial charge is 0.274 e. The third-order valence-corrected chi connectivity index (χ3v) is 4.00. The van der Waals surface area contributed by atoms with Gasteiger partial charge in [-0.15, -0.1) is 0 Å². The zero-order chi connectivity index (χ0) is 21.0. The fraction of sp³-hybridized carbons (Fsp3) is 0.0952. The zero-order valence-electron chi connectivity index (χ0n) is 15.6. The van der Waals surface area contributed by atoms with E-state index in [0.717, 1.165) is 17.7 Å². The van der Waals surface area contributed by atoms with Crippen LogP contribution in [0, 0.1) is 18.6 Å². The van der Waals surface area contributed by atoms with Crippen molar-refractivity contribution in [3.05, 3.63) is 83.2 Å². The van der Waals surface area contributed by atoms with E-state index in [-0.39, 0.29) is 17.1 Å². The van der Waals surface area contributed by atoms with Gasteiger partial charge >= 0.3 is 0 Å². The molecule has 0 aliphatic rings. The number of nitrogens with one attached hydrogen (secondary N) is 2. The summed E-state index contributed by atoms with van der Waals surface area (Å²) in [5.74, 6) is -2.48. The molecule has 0 atom stereocenters. The Kier molecular flexibility index (Phi) is 5.82. The van der Waals surface area contributed by atoms with Crippen molar-refractivity contribution in [3.63, 3.8) is 0 Å². The van der Waals surface area contributed by atoms with E-state index in [4.69, 9.17) is 4.74 Å². The van der Waals surface area contributed by atoms with Crippen molar-refractivity contribution in [3.8, 4) is 5.75 Å². The SMILES string of the molecule is COc1ccc(C)cc1NC(=O)c1cccc(C(=O)Nc2ccc(F)cc2F)n1. The molecule has 6 nitrogen and oxygen atoms in total. The molecule has 3 aromatic rings. The summed E-state index contributed by atoms with van der Waals surface area (Å²) in [6, 6.07) is 12.4. The van der Waals surface area contributed by atoms with E-state index < -0.39 is 23.4 Å². The zero-order valence-corrected chi connectivity index (χ0v) is 15.6. The Labute approximate surface area is 165 Å². The maximum absolute atomic E-state index is 13.7. The second-order valence-corrected chi connectivity index (χ2v) is 6.14. The summed E-state index contributed by atoms with van der Waals surface area (Å²) >= 11 is 0. The average Bonchev–Trinajstić information content (AvgIpc) is 2.70. The predicted molar refractivity (Wildman–Crippen MR) is 104 cm³/mol. The molecule has 148 valence electrons. The Balaban J connectivity index is 1.79. The first-order valence-electron chi connectivity index (χ1n) is 8.57. The summed E-state index contributed by atoms with van der Waals surface area (Å²) in [5.41, 5.74) is 1.07. The molecule has 29 heavy (non-hydrogen) atoms. The molecule has 0 radical (unpaired) electrons. The summed E-state index contributed by atoms with van der Waals surface area (Å²) < 4.78 is 31.9. The minimum atomic E-state index is -0.918. The van der Waals surface area contributed by atoms with Crippen molar-refractivity contribution >= 4 is 23.2 Å². The van der Waals surface area contributed by atoms with Crippen LogP contribution in [0.2, 0.25) is 0 Å². The number of halogens is 2. The van der Waals surface area contributed by atoms with E-state index in [1.165, 1.54) is 25.3 Å². The van der Waals surface area contributed by atoms with Gasteiger partial charge in [0.2, 0.25) is 0 Å². The molecule has 2 N–H and O–H groups in total. The molecule has 3 rings (SSSR count). The number of methoxy groups -OCH3 is 1. The molecular weight excluding hydrogens is 380 g/mol. The number of rotatable bonds is 5. The van der Waals surface area contributed by atoms with E-state index in [1.807, 2.05) is 13.0 Å². The molecule has 0 saturated heterocycles. The van der Waals surface area contributed by atoms with Crippen LogP contribution >= 0.6 is 0 Å². The van der Waals surface area contributed by atoms with Gasteiger partial charge in [0.05, 0.1) is 18.5 Å². The van der Waals surface area contributed by atoms with Crippen LogP contribution in [0.5, 0.6) is 5.75 Å². The maximum atomic E-state index is 13.7. The van der Waals surface area contributed by atoms with Gasteiger partial charge in [0.25, 0.3) is 11.8 Å². The molecule has 1 aromatic heterocycles. The Morgan fingerprint density at radius 2 is 1.55 bits per heavy atom. The Bertz CT molecular complexity index is 1090. The third kappa shape index (κ3) is 4.73. The second kappa shape index (κ2) is 8.47. The molecule has 0 fully saturated rings. The summed E-state index contributed by atoms with van der Waals surface area (Å²) in [6.07, 6.45) is 0. The lowest BCUT2D eigenvalue weighted by Crippen LogP contribution is -2.19. The van der Waals surface area contributed by atoms with E-state index in [2.05, 4.69) is 15.6 Å². The summed E-state index contributed by atoms with van der Waals surface area (Å²) in [5, 5.41) is 4.99.